The SMILES string of the molecule is C[N+]1(CCCOc2cccc(C(F)(F)F)c2)CCC(OC(=O)C(O)(c2ccccc2)C2CCCC2)C1.C[NH+]1CCCC1.O=C([O-])C(F)(F)F.O=C([O-])C(F)(F)F. The number of hydrogen-bond donors (Lipinski definition) is 2. The Morgan fingerprint density at radius 1 is 0.804 bits per heavy atom. The van der Waals surface area contributed by atoms with E-state index in [4.69, 9.17) is 29.3 Å². The number of rotatable bonds is 9. The number of nitrogens with zero attached hydrogens (tertiary/aromatic N) is 1. The van der Waals surface area contributed by atoms with E-state index in [1.807, 2.05) is 18.2 Å². The second-order valence-corrected chi connectivity index (χ2v) is 14.1. The number of ether oxygens (including phenoxy) is 2. The molecule has 2 N–H and O–H groups in total. The maximum atomic E-state index is 13.4. The third-order valence-electron chi connectivity index (χ3n) is 9.57. The monoisotopic (exact) mass is 818 g/mol. The Hall–Kier alpha value is -4.10. The molecule has 0 aromatic heterocycles. The number of aliphatic hydroxyl groups is 1. The molecule has 2 heterocycles. The van der Waals surface area contributed by atoms with Gasteiger partial charge in [0.25, 0.3) is 0 Å². The number of hydrogen-bond acceptors (Lipinski definition) is 8. The van der Waals surface area contributed by atoms with Crippen molar-refractivity contribution in [2.75, 3.05) is 53.4 Å². The van der Waals surface area contributed by atoms with E-state index in [2.05, 4.69) is 14.1 Å². The van der Waals surface area contributed by atoms with Gasteiger partial charge in [-0.2, -0.15) is 39.5 Å². The van der Waals surface area contributed by atoms with Crippen LogP contribution >= 0.6 is 0 Å². The number of quaternary nitrogens is 2. The van der Waals surface area contributed by atoms with Crippen LogP contribution in [0.1, 0.15) is 62.5 Å². The number of carbonyl (C=O) groups excluding carboxylic acids is 3. The van der Waals surface area contributed by atoms with E-state index in [1.54, 1.807) is 17.0 Å². The van der Waals surface area contributed by atoms with Crippen LogP contribution in [0.4, 0.5) is 39.5 Å². The molecular weight excluding hydrogens is 771 g/mol. The average Bonchev–Trinajstić information content (AvgIpc) is 3.90. The molecule has 2 aliphatic heterocycles. The lowest BCUT2D eigenvalue weighted by Crippen LogP contribution is -3.06. The van der Waals surface area contributed by atoms with E-state index in [-0.39, 0.29) is 17.8 Å². The molecule has 2 aromatic rings. The summed E-state index contributed by atoms with van der Waals surface area (Å²) in [4.78, 5) is 32.6. The van der Waals surface area contributed by atoms with Crippen molar-refractivity contribution in [3.63, 3.8) is 0 Å². The van der Waals surface area contributed by atoms with Gasteiger partial charge < -0.3 is 43.8 Å². The van der Waals surface area contributed by atoms with Gasteiger partial charge in [0, 0.05) is 31.6 Å². The summed E-state index contributed by atoms with van der Waals surface area (Å²) >= 11 is 0. The molecule has 2 saturated heterocycles. The molecule has 19 heteroatoms. The first-order valence-electron chi connectivity index (χ1n) is 17.9. The van der Waals surface area contributed by atoms with E-state index >= 15 is 0 Å². The van der Waals surface area contributed by atoms with Crippen LogP contribution in [0.5, 0.6) is 5.75 Å². The molecule has 0 spiro atoms. The zero-order chi connectivity index (χ0) is 42.4. The molecule has 3 atom stereocenters. The molecule has 3 unspecified atom stereocenters. The van der Waals surface area contributed by atoms with Crippen molar-refractivity contribution < 1.29 is 88.1 Å². The lowest BCUT2D eigenvalue weighted by Gasteiger charge is -2.33. The Morgan fingerprint density at radius 2 is 1.32 bits per heavy atom. The number of benzene rings is 2. The molecule has 3 aliphatic rings. The van der Waals surface area contributed by atoms with Gasteiger partial charge in [0.15, 0.2) is 11.7 Å². The Kier molecular flexibility index (Phi) is 17.9. The Labute approximate surface area is 318 Å². The zero-order valence-corrected chi connectivity index (χ0v) is 30.9. The fourth-order valence-corrected chi connectivity index (χ4v) is 6.60. The van der Waals surface area contributed by atoms with Gasteiger partial charge in [0.05, 0.1) is 52.4 Å². The predicted octanol–water partition coefficient (Wildman–Crippen LogP) is 3.21. The van der Waals surface area contributed by atoms with E-state index in [1.165, 1.54) is 38.1 Å². The molecule has 1 saturated carbocycles. The highest BCUT2D eigenvalue weighted by Crippen LogP contribution is 2.42. The summed E-state index contributed by atoms with van der Waals surface area (Å²) in [6, 6.07) is 14.0. The third kappa shape index (κ3) is 15.8. The van der Waals surface area contributed by atoms with Gasteiger partial charge in [0.2, 0.25) is 0 Å². The zero-order valence-electron chi connectivity index (χ0n) is 30.9. The molecule has 2 aromatic carbocycles. The molecule has 0 radical (unpaired) electrons. The molecule has 0 bridgehead atoms. The second kappa shape index (κ2) is 20.9. The number of alkyl halides is 9. The summed E-state index contributed by atoms with van der Waals surface area (Å²) in [7, 11) is 4.34. The minimum Gasteiger partial charge on any atom is -0.542 e. The van der Waals surface area contributed by atoms with Crippen molar-refractivity contribution >= 4 is 17.9 Å². The first kappa shape index (κ1) is 48.0. The van der Waals surface area contributed by atoms with Gasteiger partial charge in [0.1, 0.15) is 24.2 Å². The normalized spacial score (nSPS) is 21.2. The van der Waals surface area contributed by atoms with Crippen LogP contribution in [0.15, 0.2) is 54.6 Å². The van der Waals surface area contributed by atoms with Gasteiger partial charge >= 0.3 is 24.5 Å². The molecular formula is C37H47F9N2O8. The fourth-order valence-electron chi connectivity index (χ4n) is 6.60. The summed E-state index contributed by atoms with van der Waals surface area (Å²) in [6.07, 6.45) is -7.24. The van der Waals surface area contributed by atoms with Crippen LogP contribution in [-0.4, -0.2) is 99.4 Å². The molecule has 3 fully saturated rings. The van der Waals surface area contributed by atoms with Crippen molar-refractivity contribution in [1.29, 1.82) is 0 Å². The minimum absolute atomic E-state index is 0.150. The van der Waals surface area contributed by atoms with E-state index in [9.17, 15) is 49.4 Å². The lowest BCUT2D eigenvalue weighted by molar-refractivity contribution is -0.899. The van der Waals surface area contributed by atoms with Gasteiger partial charge in [-0.25, -0.2) is 4.79 Å². The number of carboxylic acid groups (broad SMARTS) is 2. The van der Waals surface area contributed by atoms with Crippen LogP contribution < -0.4 is 19.8 Å². The number of likely N-dealkylation sites (tertiary alicyclic amines) is 2. The maximum Gasteiger partial charge on any atom is 0.430 e. The summed E-state index contributed by atoms with van der Waals surface area (Å²) in [6.45, 7) is 5.30. The number of halogens is 9. The van der Waals surface area contributed by atoms with Crippen LogP contribution in [0.25, 0.3) is 0 Å². The molecule has 5 rings (SSSR count). The number of esters is 1. The molecule has 1 aliphatic carbocycles. The number of aliphatic carboxylic acids is 2. The highest BCUT2D eigenvalue weighted by Gasteiger charge is 2.49. The summed E-state index contributed by atoms with van der Waals surface area (Å²) in [5, 5.41) is 29.2. The van der Waals surface area contributed by atoms with E-state index < -0.39 is 47.6 Å². The topological polar surface area (TPSA) is 140 Å². The standard InChI is InChI=1S/C28H35F3NO4.C5H11N.2C2HF3O2/c1-32(16-8-18-35-24-14-7-13-23(19-24)28(29,30)31)17-15-25(20-32)36-26(33)27(34,22-11-5-6-12-22)21-9-3-2-4-10-21;1-6-4-2-3-5-6;2*3-2(4,5)1(6)7/h2-4,7,9-10,13-14,19,22,25,34H,5-6,8,11-12,15-18,20H2,1H3;2-5H2,1H3;2*(H,6,7)/q+1;;;/p-1. The molecule has 56 heavy (non-hydrogen) atoms. The number of carboxylic acids is 2. The van der Waals surface area contributed by atoms with Crippen LogP contribution in [-0.2, 0) is 30.9 Å². The smallest absolute Gasteiger partial charge is 0.430 e. The van der Waals surface area contributed by atoms with Gasteiger partial charge in [-0.05, 0) is 36.6 Å². The quantitative estimate of drug-likeness (QED) is 0.170. The first-order chi connectivity index (χ1) is 25.9. The number of carbonyl (C=O) groups is 3. The number of nitrogens with one attached hydrogen (secondary N) is 1. The summed E-state index contributed by atoms with van der Waals surface area (Å²) < 4.78 is 114. The number of likely N-dealkylation sites (N-methyl/N-ethyl adjacent to an activating group) is 1. The van der Waals surface area contributed by atoms with Crippen molar-refractivity contribution in [2.24, 2.45) is 5.92 Å². The first-order valence-corrected chi connectivity index (χ1v) is 17.9. The maximum absolute atomic E-state index is 13.4. The van der Waals surface area contributed by atoms with Gasteiger partial charge in [-0.15, -0.1) is 0 Å². The highest BCUT2D eigenvalue weighted by molar-refractivity contribution is 5.81. The second-order valence-electron chi connectivity index (χ2n) is 14.1. The largest absolute Gasteiger partial charge is 0.542 e. The Balaban J connectivity index is 0.000000440. The van der Waals surface area contributed by atoms with E-state index in [0.717, 1.165) is 50.9 Å². The van der Waals surface area contributed by atoms with Crippen LogP contribution in [0.3, 0.4) is 0 Å². The van der Waals surface area contributed by atoms with Crippen molar-refractivity contribution in [2.45, 2.75) is 81.6 Å². The van der Waals surface area contributed by atoms with E-state index in [0.29, 0.717) is 36.0 Å². The Morgan fingerprint density at radius 3 is 1.79 bits per heavy atom. The Bertz CT molecular complexity index is 1510. The van der Waals surface area contributed by atoms with Crippen LogP contribution in [0.2, 0.25) is 0 Å². The average molecular weight is 819 g/mol. The highest BCUT2D eigenvalue weighted by atomic mass is 19.4. The lowest BCUT2D eigenvalue weighted by atomic mass is 9.80. The summed E-state index contributed by atoms with van der Waals surface area (Å²) in [5.74, 6) is -6.53. The van der Waals surface area contributed by atoms with Crippen molar-refractivity contribution in [1.82, 2.24) is 0 Å². The van der Waals surface area contributed by atoms with Gasteiger partial charge in [-0.3, -0.25) is 0 Å². The molecule has 0 amide bonds. The molecule has 10 nitrogen and oxygen atoms in total. The predicted molar refractivity (Wildman–Crippen MR) is 177 cm³/mol. The van der Waals surface area contributed by atoms with Crippen molar-refractivity contribution in [3.8, 4) is 5.75 Å². The summed E-state index contributed by atoms with van der Waals surface area (Å²) in [5.41, 5.74) is -1.78. The van der Waals surface area contributed by atoms with Crippen molar-refractivity contribution in [3.05, 3.63) is 65.7 Å². The minimum atomic E-state index is -5.19. The van der Waals surface area contributed by atoms with Crippen LogP contribution in [0, 0.1) is 5.92 Å². The third-order valence-corrected chi connectivity index (χ3v) is 9.57. The van der Waals surface area contributed by atoms with Gasteiger partial charge in [-0.1, -0.05) is 49.2 Å². The fraction of sp³-hybridized carbons (Fsp3) is 0.595. The molecule has 316 valence electrons.